The zero-order valence-electron chi connectivity index (χ0n) is 10.9. The van der Waals surface area contributed by atoms with Gasteiger partial charge < -0.3 is 4.74 Å². The number of carbonyl (C=O) groups is 1. The molecule has 1 aromatic carbocycles. The lowest BCUT2D eigenvalue weighted by molar-refractivity contribution is -0.117. The number of benzene rings is 1. The van der Waals surface area contributed by atoms with Gasteiger partial charge in [0.15, 0.2) is 0 Å². The van der Waals surface area contributed by atoms with Crippen LogP contribution in [-0.2, 0) is 4.79 Å². The van der Waals surface area contributed by atoms with Crippen LogP contribution in [0, 0.1) is 12.3 Å². The SMILES string of the molecule is C#CCOc1ccc([C@H]2CC(=O)Nc3ncnn32)cc1Cl. The van der Waals surface area contributed by atoms with Gasteiger partial charge >= 0.3 is 0 Å². The Morgan fingerprint density at radius 3 is 3.19 bits per heavy atom. The predicted molar refractivity (Wildman–Crippen MR) is 77.2 cm³/mol. The number of halogens is 1. The second kappa shape index (κ2) is 5.46. The van der Waals surface area contributed by atoms with E-state index in [2.05, 4.69) is 21.3 Å². The summed E-state index contributed by atoms with van der Waals surface area (Å²) >= 11 is 6.18. The Bertz CT molecular complexity index is 735. The summed E-state index contributed by atoms with van der Waals surface area (Å²) < 4.78 is 6.98. The van der Waals surface area contributed by atoms with E-state index in [0.29, 0.717) is 16.7 Å². The number of amides is 1. The molecule has 1 amide bonds. The summed E-state index contributed by atoms with van der Waals surface area (Å²) in [5, 5.41) is 7.24. The van der Waals surface area contributed by atoms with Gasteiger partial charge in [0.25, 0.3) is 0 Å². The monoisotopic (exact) mass is 302 g/mol. The van der Waals surface area contributed by atoms with Gasteiger partial charge in [0.1, 0.15) is 18.7 Å². The number of rotatable bonds is 3. The van der Waals surface area contributed by atoms with E-state index in [4.69, 9.17) is 22.8 Å². The first-order valence-corrected chi connectivity index (χ1v) is 6.62. The van der Waals surface area contributed by atoms with Crippen LogP contribution in [0.4, 0.5) is 5.95 Å². The lowest BCUT2D eigenvalue weighted by atomic mass is 10.0. The van der Waals surface area contributed by atoms with Gasteiger partial charge in [-0.05, 0) is 17.7 Å². The van der Waals surface area contributed by atoms with E-state index in [0.717, 1.165) is 5.56 Å². The van der Waals surface area contributed by atoms with Crippen molar-refractivity contribution >= 4 is 23.5 Å². The molecule has 0 spiro atoms. The number of ether oxygens (including phenoxy) is 1. The normalized spacial score (nSPS) is 16.8. The highest BCUT2D eigenvalue weighted by Crippen LogP contribution is 2.33. The maximum atomic E-state index is 11.7. The molecule has 1 atom stereocenters. The maximum absolute atomic E-state index is 11.7. The van der Waals surface area contributed by atoms with Crippen LogP contribution in [0.25, 0.3) is 0 Å². The summed E-state index contributed by atoms with van der Waals surface area (Å²) in [5.74, 6) is 3.22. The molecule has 1 N–H and O–H groups in total. The smallest absolute Gasteiger partial charge is 0.229 e. The van der Waals surface area contributed by atoms with Gasteiger partial charge in [-0.3, -0.25) is 10.1 Å². The molecule has 1 aliphatic rings. The Morgan fingerprint density at radius 2 is 2.43 bits per heavy atom. The number of terminal acetylenes is 1. The summed E-state index contributed by atoms with van der Waals surface area (Å²) in [6.45, 7) is 0.151. The van der Waals surface area contributed by atoms with Crippen LogP contribution in [0.2, 0.25) is 5.02 Å². The average molecular weight is 303 g/mol. The first kappa shape index (κ1) is 13.5. The molecule has 0 unspecified atom stereocenters. The Balaban J connectivity index is 1.93. The fourth-order valence-electron chi connectivity index (χ4n) is 2.23. The number of anilines is 1. The van der Waals surface area contributed by atoms with E-state index < -0.39 is 0 Å². The quantitative estimate of drug-likeness (QED) is 0.879. The van der Waals surface area contributed by atoms with E-state index in [-0.39, 0.29) is 25.0 Å². The predicted octanol–water partition coefficient (Wildman–Crippen LogP) is 1.88. The van der Waals surface area contributed by atoms with E-state index in [9.17, 15) is 4.79 Å². The number of aromatic nitrogens is 3. The number of fused-ring (bicyclic) bond motifs is 1. The van der Waals surface area contributed by atoms with Crippen molar-refractivity contribution in [3.05, 3.63) is 35.1 Å². The zero-order valence-corrected chi connectivity index (χ0v) is 11.7. The van der Waals surface area contributed by atoms with Crippen molar-refractivity contribution in [2.75, 3.05) is 11.9 Å². The number of hydrogen-bond acceptors (Lipinski definition) is 4. The lowest BCUT2D eigenvalue weighted by Gasteiger charge is -2.24. The molecule has 0 aliphatic carbocycles. The number of hydrogen-bond donors (Lipinski definition) is 1. The maximum Gasteiger partial charge on any atom is 0.229 e. The summed E-state index contributed by atoms with van der Waals surface area (Å²) in [6.07, 6.45) is 6.83. The highest BCUT2D eigenvalue weighted by atomic mass is 35.5. The van der Waals surface area contributed by atoms with Crippen molar-refractivity contribution in [1.29, 1.82) is 0 Å². The van der Waals surface area contributed by atoms with Gasteiger partial charge in [0.05, 0.1) is 17.5 Å². The van der Waals surface area contributed by atoms with Crippen LogP contribution in [0.5, 0.6) is 5.75 Å². The van der Waals surface area contributed by atoms with Crippen molar-refractivity contribution in [1.82, 2.24) is 14.8 Å². The average Bonchev–Trinajstić information content (AvgIpc) is 2.93. The van der Waals surface area contributed by atoms with Gasteiger partial charge in [-0.1, -0.05) is 23.6 Å². The first-order valence-electron chi connectivity index (χ1n) is 6.24. The molecule has 7 heteroatoms. The third kappa shape index (κ3) is 2.56. The summed E-state index contributed by atoms with van der Waals surface area (Å²) in [7, 11) is 0. The highest BCUT2D eigenvalue weighted by molar-refractivity contribution is 6.32. The third-order valence-electron chi connectivity index (χ3n) is 3.15. The van der Waals surface area contributed by atoms with Gasteiger partial charge in [0.2, 0.25) is 11.9 Å². The van der Waals surface area contributed by atoms with E-state index in [1.54, 1.807) is 16.8 Å². The molecule has 2 heterocycles. The van der Waals surface area contributed by atoms with Gasteiger partial charge in [-0.15, -0.1) is 6.42 Å². The summed E-state index contributed by atoms with van der Waals surface area (Å²) in [5.41, 5.74) is 0.856. The number of carbonyl (C=O) groups excluding carboxylic acids is 1. The zero-order chi connectivity index (χ0) is 14.8. The van der Waals surface area contributed by atoms with Crippen LogP contribution >= 0.6 is 11.6 Å². The second-order valence-electron chi connectivity index (χ2n) is 4.48. The molecule has 0 fully saturated rings. The largest absolute Gasteiger partial charge is 0.479 e. The summed E-state index contributed by atoms with van der Waals surface area (Å²) in [6, 6.07) is 5.09. The number of nitrogens with zero attached hydrogens (tertiary/aromatic N) is 3. The Kier molecular flexibility index (Phi) is 3.50. The van der Waals surface area contributed by atoms with Crippen LogP contribution in [0.3, 0.4) is 0 Å². The van der Waals surface area contributed by atoms with Crippen molar-refractivity contribution in [2.45, 2.75) is 12.5 Å². The fourth-order valence-corrected chi connectivity index (χ4v) is 2.47. The second-order valence-corrected chi connectivity index (χ2v) is 4.89. The van der Waals surface area contributed by atoms with Gasteiger partial charge in [-0.2, -0.15) is 10.1 Å². The van der Waals surface area contributed by atoms with Gasteiger partial charge in [-0.25, -0.2) is 4.68 Å². The molecule has 6 nitrogen and oxygen atoms in total. The van der Waals surface area contributed by atoms with Crippen LogP contribution in [0.15, 0.2) is 24.5 Å². The van der Waals surface area contributed by atoms with Crippen LogP contribution in [-0.4, -0.2) is 27.3 Å². The van der Waals surface area contributed by atoms with Gasteiger partial charge in [0, 0.05) is 0 Å². The third-order valence-corrected chi connectivity index (χ3v) is 3.45. The Labute approximate surface area is 126 Å². The molecule has 0 bridgehead atoms. The minimum Gasteiger partial charge on any atom is -0.479 e. The van der Waals surface area contributed by atoms with Crippen LogP contribution in [0.1, 0.15) is 18.0 Å². The molecule has 0 saturated carbocycles. The molecular formula is C14H11ClN4O2. The summed E-state index contributed by atoms with van der Waals surface area (Å²) in [4.78, 5) is 15.7. The topological polar surface area (TPSA) is 69.0 Å². The minimum atomic E-state index is -0.240. The Hall–Kier alpha value is -2.52. The molecule has 1 aromatic heterocycles. The van der Waals surface area contributed by atoms with E-state index in [1.165, 1.54) is 6.33 Å². The molecule has 3 rings (SSSR count). The molecular weight excluding hydrogens is 292 g/mol. The van der Waals surface area contributed by atoms with Crippen molar-refractivity contribution in [2.24, 2.45) is 0 Å². The molecule has 0 saturated heterocycles. The van der Waals surface area contributed by atoms with E-state index in [1.807, 2.05) is 6.07 Å². The molecule has 1 aliphatic heterocycles. The lowest BCUT2D eigenvalue weighted by Crippen LogP contribution is -2.29. The Morgan fingerprint density at radius 1 is 1.57 bits per heavy atom. The molecule has 2 aromatic rings. The van der Waals surface area contributed by atoms with Crippen molar-refractivity contribution < 1.29 is 9.53 Å². The highest BCUT2D eigenvalue weighted by Gasteiger charge is 2.28. The van der Waals surface area contributed by atoms with E-state index >= 15 is 0 Å². The standard InChI is InChI=1S/C14H11ClN4O2/c1-2-5-21-12-4-3-9(6-10(12)15)11-7-13(20)18-14-16-8-17-19(11)14/h1,3-4,6,8,11H,5,7H2,(H,16,17,18,20)/t11-/m1/s1. The molecule has 0 radical (unpaired) electrons. The first-order chi connectivity index (χ1) is 10.2. The molecule has 21 heavy (non-hydrogen) atoms. The van der Waals surface area contributed by atoms with Crippen molar-refractivity contribution in [3.63, 3.8) is 0 Å². The minimum absolute atomic E-state index is 0.107. The molecule has 106 valence electrons. The van der Waals surface area contributed by atoms with Crippen LogP contribution < -0.4 is 10.1 Å². The fraction of sp³-hybridized carbons (Fsp3) is 0.214. The van der Waals surface area contributed by atoms with Crippen molar-refractivity contribution in [3.8, 4) is 18.1 Å². The number of nitrogens with one attached hydrogen (secondary N) is 1.